The van der Waals surface area contributed by atoms with Gasteiger partial charge in [-0.3, -0.25) is 11.3 Å². The summed E-state index contributed by atoms with van der Waals surface area (Å²) in [6.07, 6.45) is 2.88. The number of hydrogen-bond donors (Lipinski definition) is 2. The summed E-state index contributed by atoms with van der Waals surface area (Å²) in [5, 5.41) is 0. The Morgan fingerprint density at radius 3 is 2.65 bits per heavy atom. The van der Waals surface area contributed by atoms with E-state index in [1.165, 1.54) is 6.07 Å². The molecule has 0 aromatic heterocycles. The fourth-order valence-electron chi connectivity index (χ4n) is 1.88. The van der Waals surface area contributed by atoms with Crippen LogP contribution in [0.25, 0.3) is 0 Å². The number of nitrogens with two attached hydrogens (primary N) is 1. The highest BCUT2D eigenvalue weighted by Gasteiger charge is 2.12. The molecule has 0 amide bonds. The van der Waals surface area contributed by atoms with Crippen molar-refractivity contribution >= 4 is 15.9 Å². The lowest BCUT2D eigenvalue weighted by Crippen LogP contribution is -2.38. The second-order valence-corrected chi connectivity index (χ2v) is 5.51. The first kappa shape index (κ1) is 14.6. The van der Waals surface area contributed by atoms with Crippen LogP contribution in [0.2, 0.25) is 0 Å². The van der Waals surface area contributed by atoms with Crippen LogP contribution in [0.15, 0.2) is 22.7 Å². The van der Waals surface area contributed by atoms with Crippen molar-refractivity contribution in [3.05, 3.63) is 34.1 Å². The van der Waals surface area contributed by atoms with Gasteiger partial charge in [-0.1, -0.05) is 36.2 Å². The van der Waals surface area contributed by atoms with Crippen LogP contribution < -0.4 is 11.3 Å². The third kappa shape index (κ3) is 5.15. The molecule has 0 saturated heterocycles. The fraction of sp³-hybridized carbons (Fsp3) is 0.538. The maximum Gasteiger partial charge on any atom is 0.124 e. The van der Waals surface area contributed by atoms with Gasteiger partial charge in [0.05, 0.1) is 0 Å². The maximum atomic E-state index is 13.2. The molecule has 4 heteroatoms. The molecular weight excluding hydrogens is 283 g/mol. The van der Waals surface area contributed by atoms with Crippen LogP contribution in [-0.4, -0.2) is 6.04 Å². The van der Waals surface area contributed by atoms with Gasteiger partial charge in [0.2, 0.25) is 0 Å². The number of rotatable bonds is 6. The van der Waals surface area contributed by atoms with Crippen molar-refractivity contribution in [2.24, 2.45) is 11.8 Å². The van der Waals surface area contributed by atoms with Crippen molar-refractivity contribution in [3.8, 4) is 0 Å². The lowest BCUT2D eigenvalue weighted by molar-refractivity contribution is 0.396. The third-order valence-corrected chi connectivity index (χ3v) is 3.48. The van der Waals surface area contributed by atoms with Crippen molar-refractivity contribution in [3.63, 3.8) is 0 Å². The molecule has 0 fully saturated rings. The molecule has 1 aromatic carbocycles. The standard InChI is InChI=1S/C13H20BrFN2/c1-3-9(2)4-13(17-16)7-10-5-11(14)8-12(15)6-10/h5-6,8-9,13,17H,3-4,7,16H2,1-2H3. The van der Waals surface area contributed by atoms with E-state index in [4.69, 9.17) is 5.84 Å². The first-order valence-electron chi connectivity index (χ1n) is 5.96. The summed E-state index contributed by atoms with van der Waals surface area (Å²) >= 11 is 3.30. The topological polar surface area (TPSA) is 38.0 Å². The van der Waals surface area contributed by atoms with E-state index in [1.807, 2.05) is 6.07 Å². The minimum Gasteiger partial charge on any atom is -0.271 e. The van der Waals surface area contributed by atoms with E-state index >= 15 is 0 Å². The Bertz CT molecular complexity index is 337. The van der Waals surface area contributed by atoms with Crippen molar-refractivity contribution < 1.29 is 4.39 Å². The van der Waals surface area contributed by atoms with Gasteiger partial charge in [0.15, 0.2) is 0 Å². The molecule has 0 saturated carbocycles. The Labute approximate surface area is 111 Å². The molecule has 2 atom stereocenters. The number of hydrogen-bond acceptors (Lipinski definition) is 2. The van der Waals surface area contributed by atoms with Gasteiger partial charge >= 0.3 is 0 Å². The quantitative estimate of drug-likeness (QED) is 0.624. The summed E-state index contributed by atoms with van der Waals surface area (Å²) in [7, 11) is 0. The first-order chi connectivity index (χ1) is 8.05. The van der Waals surface area contributed by atoms with E-state index in [1.54, 1.807) is 6.07 Å². The molecule has 0 aliphatic heterocycles. The molecule has 1 rings (SSSR count). The fourth-order valence-corrected chi connectivity index (χ4v) is 2.39. The summed E-state index contributed by atoms with van der Waals surface area (Å²) in [5.74, 6) is 5.95. The molecule has 1 aromatic rings. The molecule has 2 unspecified atom stereocenters. The van der Waals surface area contributed by atoms with Crippen LogP contribution in [-0.2, 0) is 6.42 Å². The second kappa shape index (κ2) is 7.09. The van der Waals surface area contributed by atoms with Crippen molar-refractivity contribution in [1.82, 2.24) is 5.43 Å². The van der Waals surface area contributed by atoms with Gasteiger partial charge in [-0.2, -0.15) is 0 Å². The smallest absolute Gasteiger partial charge is 0.124 e. The zero-order valence-electron chi connectivity index (χ0n) is 10.3. The molecule has 3 N–H and O–H groups in total. The Morgan fingerprint density at radius 2 is 2.12 bits per heavy atom. The SMILES string of the molecule is CCC(C)CC(Cc1cc(F)cc(Br)c1)NN. The normalized spacial score (nSPS) is 14.6. The Morgan fingerprint density at radius 1 is 1.41 bits per heavy atom. The van der Waals surface area contributed by atoms with Gasteiger partial charge in [-0.15, -0.1) is 0 Å². The monoisotopic (exact) mass is 302 g/mol. The number of nitrogens with one attached hydrogen (secondary N) is 1. The number of benzene rings is 1. The molecular formula is C13H20BrFN2. The van der Waals surface area contributed by atoms with E-state index in [2.05, 4.69) is 35.2 Å². The first-order valence-corrected chi connectivity index (χ1v) is 6.75. The van der Waals surface area contributed by atoms with Crippen molar-refractivity contribution in [2.45, 2.75) is 39.2 Å². The average Bonchev–Trinajstić information content (AvgIpc) is 2.26. The summed E-state index contributed by atoms with van der Waals surface area (Å²) in [6, 6.07) is 5.15. The van der Waals surface area contributed by atoms with Crippen molar-refractivity contribution in [2.75, 3.05) is 0 Å². The summed E-state index contributed by atoms with van der Waals surface area (Å²) in [6.45, 7) is 4.36. The predicted molar refractivity (Wildman–Crippen MR) is 73.0 cm³/mol. The zero-order valence-corrected chi connectivity index (χ0v) is 11.9. The van der Waals surface area contributed by atoms with Crippen LogP contribution in [0.4, 0.5) is 4.39 Å². The van der Waals surface area contributed by atoms with Gasteiger partial charge in [0, 0.05) is 10.5 Å². The Hall–Kier alpha value is -0.450. The molecule has 2 nitrogen and oxygen atoms in total. The Kier molecular flexibility index (Phi) is 6.09. The zero-order chi connectivity index (χ0) is 12.8. The van der Waals surface area contributed by atoms with Crippen LogP contribution in [0.3, 0.4) is 0 Å². The van der Waals surface area contributed by atoms with E-state index in [9.17, 15) is 4.39 Å². The average molecular weight is 303 g/mol. The molecule has 0 radical (unpaired) electrons. The van der Waals surface area contributed by atoms with Gasteiger partial charge in [-0.05, 0) is 42.5 Å². The third-order valence-electron chi connectivity index (χ3n) is 3.02. The van der Waals surface area contributed by atoms with Gasteiger partial charge in [0.25, 0.3) is 0 Å². The Balaban J connectivity index is 2.66. The summed E-state index contributed by atoms with van der Waals surface area (Å²) < 4.78 is 14.0. The second-order valence-electron chi connectivity index (χ2n) is 4.59. The lowest BCUT2D eigenvalue weighted by atomic mass is 9.95. The van der Waals surface area contributed by atoms with Crippen LogP contribution >= 0.6 is 15.9 Å². The summed E-state index contributed by atoms with van der Waals surface area (Å²) in [5.41, 5.74) is 3.78. The van der Waals surface area contributed by atoms with E-state index in [-0.39, 0.29) is 11.9 Å². The van der Waals surface area contributed by atoms with Crippen LogP contribution in [0.5, 0.6) is 0 Å². The van der Waals surface area contributed by atoms with E-state index in [0.717, 1.165) is 29.3 Å². The lowest BCUT2D eigenvalue weighted by Gasteiger charge is -2.19. The highest BCUT2D eigenvalue weighted by atomic mass is 79.9. The number of hydrazine groups is 1. The number of halogens is 2. The van der Waals surface area contributed by atoms with Crippen LogP contribution in [0.1, 0.15) is 32.3 Å². The molecule has 17 heavy (non-hydrogen) atoms. The van der Waals surface area contributed by atoms with Crippen molar-refractivity contribution in [1.29, 1.82) is 0 Å². The van der Waals surface area contributed by atoms with Gasteiger partial charge in [0.1, 0.15) is 5.82 Å². The molecule has 0 aliphatic rings. The molecule has 96 valence electrons. The van der Waals surface area contributed by atoms with E-state index < -0.39 is 0 Å². The van der Waals surface area contributed by atoms with Crippen LogP contribution in [0, 0.1) is 11.7 Å². The molecule has 0 aliphatic carbocycles. The highest BCUT2D eigenvalue weighted by molar-refractivity contribution is 9.10. The minimum absolute atomic E-state index is 0.193. The minimum atomic E-state index is -0.214. The molecule has 0 heterocycles. The van der Waals surface area contributed by atoms with Gasteiger partial charge in [-0.25, -0.2) is 4.39 Å². The summed E-state index contributed by atoms with van der Waals surface area (Å²) in [4.78, 5) is 0. The highest BCUT2D eigenvalue weighted by Crippen LogP contribution is 2.18. The molecule has 0 spiro atoms. The predicted octanol–water partition coefficient (Wildman–Crippen LogP) is 3.40. The van der Waals surface area contributed by atoms with E-state index in [0.29, 0.717) is 5.92 Å². The van der Waals surface area contributed by atoms with Gasteiger partial charge < -0.3 is 0 Å². The molecule has 0 bridgehead atoms. The largest absolute Gasteiger partial charge is 0.271 e. The maximum absolute atomic E-state index is 13.2.